The molecule has 2 aliphatic heterocycles. The van der Waals surface area contributed by atoms with Gasteiger partial charge in [-0.1, -0.05) is 18.2 Å². The lowest BCUT2D eigenvalue weighted by Gasteiger charge is -2.35. The van der Waals surface area contributed by atoms with Crippen LogP contribution < -0.4 is 0 Å². The van der Waals surface area contributed by atoms with E-state index in [-0.39, 0.29) is 29.9 Å². The molecule has 1 aliphatic carbocycles. The molecule has 0 spiro atoms. The van der Waals surface area contributed by atoms with Gasteiger partial charge in [-0.25, -0.2) is 24.1 Å². The number of dihydropyridines is 1. The Kier molecular flexibility index (Phi) is 8.72. The normalized spacial score (nSPS) is 18.9. The number of ether oxygens (including phenoxy) is 1. The molecule has 1 N–H and O–H groups in total. The van der Waals surface area contributed by atoms with Crippen LogP contribution in [-0.2, 0) is 31.0 Å². The highest BCUT2D eigenvalue weighted by Gasteiger charge is 2.31. The van der Waals surface area contributed by atoms with E-state index in [4.69, 9.17) is 14.7 Å². The maximum absolute atomic E-state index is 14.7. The topological polar surface area (TPSA) is 115 Å². The minimum Gasteiger partial charge on any atom is -0.478 e. The summed E-state index contributed by atoms with van der Waals surface area (Å²) in [6, 6.07) is 9.85. The number of carboxylic acids is 1. The van der Waals surface area contributed by atoms with Crippen molar-refractivity contribution < 1.29 is 23.8 Å². The van der Waals surface area contributed by atoms with Gasteiger partial charge in [0.2, 0.25) is 5.90 Å². The molecule has 3 aliphatic rings. The second kappa shape index (κ2) is 13.2. The van der Waals surface area contributed by atoms with Crippen LogP contribution in [0.2, 0.25) is 0 Å². The Balaban J connectivity index is 0.985. The molecule has 2 aromatic carbocycles. The van der Waals surface area contributed by atoms with Gasteiger partial charge in [-0.05, 0) is 88.4 Å². The molecule has 10 nitrogen and oxygen atoms in total. The standard InChI is InChI=1S/C36H39FN6O4/c1-2-41-18-28(38-22-41)19-43-32-17-26(36(45)46)10-11-31(32)39-33(43)20-42-14-12-23(13-15-42)30-4-3-5-34(40-30)47-21-27-9-8-25(16-29(27)37)35(44)24-6-7-24/h3,5,8-11,16-18,22-24,30H,2,4,6-7,12-15,19-21H2,1H3,(H,45,46). The first kappa shape index (κ1) is 31.0. The number of likely N-dealkylation sites (tertiary alicyclic amines) is 1. The van der Waals surface area contributed by atoms with Gasteiger partial charge < -0.3 is 19.0 Å². The van der Waals surface area contributed by atoms with Crippen molar-refractivity contribution >= 4 is 28.7 Å². The average molecular weight is 639 g/mol. The number of carbonyl (C=O) groups is 2. The number of ketones is 1. The highest BCUT2D eigenvalue weighted by molar-refractivity contribution is 5.99. The zero-order valence-electron chi connectivity index (χ0n) is 26.5. The molecule has 2 fully saturated rings. The summed E-state index contributed by atoms with van der Waals surface area (Å²) in [4.78, 5) is 40.8. The van der Waals surface area contributed by atoms with Gasteiger partial charge in [0.25, 0.3) is 0 Å². The van der Waals surface area contributed by atoms with Crippen LogP contribution in [0.3, 0.4) is 0 Å². The van der Waals surface area contributed by atoms with Crippen molar-refractivity contribution in [3.63, 3.8) is 0 Å². The van der Waals surface area contributed by atoms with Crippen molar-refractivity contribution in [3.8, 4) is 0 Å². The molecule has 4 heterocycles. The van der Waals surface area contributed by atoms with Crippen molar-refractivity contribution in [1.29, 1.82) is 0 Å². The Morgan fingerprint density at radius 2 is 1.85 bits per heavy atom. The SMILES string of the molecule is CCn1cnc(Cn2c(CN3CCC(C4CC=CC(OCc5ccc(C(=O)C6CC6)cc5F)=N4)CC3)nc3ccc(C(=O)O)cc32)c1. The highest BCUT2D eigenvalue weighted by atomic mass is 19.1. The number of aromatic carboxylic acids is 1. The molecule has 4 aromatic rings. The van der Waals surface area contributed by atoms with Crippen LogP contribution in [0.5, 0.6) is 0 Å². The van der Waals surface area contributed by atoms with Crippen LogP contribution in [0.25, 0.3) is 11.0 Å². The lowest BCUT2D eigenvalue weighted by atomic mass is 9.87. The summed E-state index contributed by atoms with van der Waals surface area (Å²) < 4.78 is 24.8. The van der Waals surface area contributed by atoms with E-state index in [1.807, 2.05) is 23.2 Å². The fourth-order valence-electron chi connectivity index (χ4n) is 6.62. The first-order valence-electron chi connectivity index (χ1n) is 16.5. The van der Waals surface area contributed by atoms with E-state index in [0.717, 1.165) is 74.3 Å². The molecule has 7 rings (SSSR count). The Morgan fingerprint density at radius 1 is 1.04 bits per heavy atom. The van der Waals surface area contributed by atoms with Crippen molar-refractivity contribution in [1.82, 2.24) is 24.0 Å². The molecule has 1 saturated heterocycles. The number of benzene rings is 2. The number of rotatable bonds is 11. The van der Waals surface area contributed by atoms with Crippen LogP contribution in [0.4, 0.5) is 4.39 Å². The lowest BCUT2D eigenvalue weighted by molar-refractivity contribution is 0.0696. The molecular weight excluding hydrogens is 599 g/mol. The predicted molar refractivity (Wildman–Crippen MR) is 175 cm³/mol. The number of Topliss-reactive ketones (excluding diaryl/α,β-unsaturated/α-hetero) is 1. The number of aliphatic imine (C=N–C) groups is 1. The molecular formula is C36H39FN6O4. The monoisotopic (exact) mass is 638 g/mol. The maximum Gasteiger partial charge on any atom is 0.335 e. The van der Waals surface area contributed by atoms with Crippen molar-refractivity contribution in [2.75, 3.05) is 13.1 Å². The van der Waals surface area contributed by atoms with Gasteiger partial charge in [0.05, 0.1) is 47.7 Å². The van der Waals surface area contributed by atoms with Crippen LogP contribution >= 0.6 is 0 Å². The highest BCUT2D eigenvalue weighted by Crippen LogP contribution is 2.33. The smallest absolute Gasteiger partial charge is 0.335 e. The van der Waals surface area contributed by atoms with Crippen LogP contribution in [0.1, 0.15) is 76.8 Å². The number of hydrogen-bond acceptors (Lipinski definition) is 7. The van der Waals surface area contributed by atoms with Gasteiger partial charge in [0.15, 0.2) is 5.78 Å². The summed E-state index contributed by atoms with van der Waals surface area (Å²) in [6.07, 6.45) is 12.4. The zero-order chi connectivity index (χ0) is 32.5. The maximum atomic E-state index is 14.7. The molecule has 1 saturated carbocycles. The number of hydrogen-bond donors (Lipinski definition) is 1. The van der Waals surface area contributed by atoms with Gasteiger partial charge in [0, 0.05) is 29.8 Å². The third-order valence-electron chi connectivity index (χ3n) is 9.58. The van der Waals surface area contributed by atoms with Crippen LogP contribution in [0, 0.1) is 17.7 Å². The van der Waals surface area contributed by atoms with Gasteiger partial charge >= 0.3 is 5.97 Å². The van der Waals surface area contributed by atoms with E-state index in [9.17, 15) is 19.1 Å². The van der Waals surface area contributed by atoms with E-state index in [1.54, 1.807) is 30.3 Å². The van der Waals surface area contributed by atoms with E-state index in [1.165, 1.54) is 6.07 Å². The molecule has 47 heavy (non-hydrogen) atoms. The van der Waals surface area contributed by atoms with E-state index >= 15 is 0 Å². The number of nitrogens with zero attached hydrogens (tertiary/aromatic N) is 6. The van der Waals surface area contributed by atoms with Gasteiger partial charge in [-0.2, -0.15) is 0 Å². The minimum absolute atomic E-state index is 0.0257. The fraction of sp³-hybridized carbons (Fsp3) is 0.417. The fourth-order valence-corrected chi connectivity index (χ4v) is 6.62. The van der Waals surface area contributed by atoms with Gasteiger partial charge in [-0.15, -0.1) is 0 Å². The summed E-state index contributed by atoms with van der Waals surface area (Å²) in [5.74, 6) is 0.496. The number of piperidine rings is 1. The average Bonchev–Trinajstić information content (AvgIpc) is 3.75. The molecule has 0 radical (unpaired) electrons. The number of imidazole rings is 2. The molecule has 11 heteroatoms. The molecule has 1 atom stereocenters. The largest absolute Gasteiger partial charge is 0.478 e. The minimum atomic E-state index is -0.963. The van der Waals surface area contributed by atoms with Gasteiger partial charge in [0.1, 0.15) is 18.2 Å². The second-order valence-corrected chi connectivity index (χ2v) is 12.8. The third-order valence-corrected chi connectivity index (χ3v) is 9.58. The first-order chi connectivity index (χ1) is 22.8. The Labute approximate surface area is 272 Å². The Morgan fingerprint density at radius 3 is 2.57 bits per heavy atom. The number of aryl methyl sites for hydroxylation is 1. The van der Waals surface area contributed by atoms with E-state index in [0.29, 0.717) is 36.0 Å². The van der Waals surface area contributed by atoms with Crippen LogP contribution in [0.15, 0.2) is 66.1 Å². The second-order valence-electron chi connectivity index (χ2n) is 12.8. The zero-order valence-corrected chi connectivity index (χ0v) is 26.5. The Hall–Kier alpha value is -4.64. The van der Waals surface area contributed by atoms with Gasteiger partial charge in [-0.3, -0.25) is 9.69 Å². The number of halogens is 1. The predicted octanol–water partition coefficient (Wildman–Crippen LogP) is 5.89. The number of aromatic nitrogens is 4. The van der Waals surface area contributed by atoms with E-state index < -0.39 is 11.8 Å². The number of carboxylic acid groups (broad SMARTS) is 1. The molecule has 244 valence electrons. The summed E-state index contributed by atoms with van der Waals surface area (Å²) >= 11 is 0. The summed E-state index contributed by atoms with van der Waals surface area (Å²) in [6.45, 7) is 5.90. The molecule has 1 unspecified atom stereocenters. The van der Waals surface area contributed by atoms with Crippen LogP contribution in [-0.4, -0.2) is 65.9 Å². The van der Waals surface area contributed by atoms with E-state index in [2.05, 4.69) is 27.5 Å². The van der Waals surface area contributed by atoms with Crippen molar-refractivity contribution in [2.45, 2.75) is 71.3 Å². The Bertz CT molecular complexity index is 1860. The van der Waals surface area contributed by atoms with Crippen molar-refractivity contribution in [2.24, 2.45) is 16.8 Å². The molecule has 0 bridgehead atoms. The third kappa shape index (κ3) is 6.90. The summed E-state index contributed by atoms with van der Waals surface area (Å²) in [5, 5.41) is 9.61. The molecule has 0 amide bonds. The van der Waals surface area contributed by atoms with Crippen molar-refractivity contribution in [3.05, 3.63) is 95.1 Å². The lowest BCUT2D eigenvalue weighted by Crippen LogP contribution is -2.38. The molecule has 2 aromatic heterocycles. The summed E-state index contributed by atoms with van der Waals surface area (Å²) in [7, 11) is 0. The first-order valence-corrected chi connectivity index (χ1v) is 16.5. The number of carbonyl (C=O) groups excluding carboxylic acids is 1. The quantitative estimate of drug-likeness (QED) is 0.204. The number of fused-ring (bicyclic) bond motifs is 1. The summed E-state index contributed by atoms with van der Waals surface area (Å²) in [5.41, 5.74) is 3.54.